The van der Waals surface area contributed by atoms with Crippen molar-refractivity contribution in [1.82, 2.24) is 24.9 Å². The molecular weight excluding hydrogens is 439 g/mol. The van der Waals surface area contributed by atoms with Gasteiger partial charge in [-0.1, -0.05) is 19.0 Å². The molecule has 0 saturated carbocycles. The summed E-state index contributed by atoms with van der Waals surface area (Å²) in [6.45, 7) is 1.12. The molecule has 2 aliphatic heterocycles. The number of aromatic nitrogens is 2. The summed E-state index contributed by atoms with van der Waals surface area (Å²) < 4.78 is 14.9. The van der Waals surface area contributed by atoms with E-state index in [1.807, 2.05) is 0 Å². The molecule has 1 aromatic carbocycles. The lowest BCUT2D eigenvalue weighted by Gasteiger charge is -2.27. The summed E-state index contributed by atoms with van der Waals surface area (Å²) in [7, 11) is 3.35. The highest BCUT2D eigenvalue weighted by Crippen LogP contribution is 2.26. The third kappa shape index (κ3) is 4.40. The highest BCUT2D eigenvalue weighted by atomic mass is 35.5. The van der Waals surface area contributed by atoms with Crippen molar-refractivity contribution in [2.75, 3.05) is 32.5 Å². The van der Waals surface area contributed by atoms with Gasteiger partial charge in [0.05, 0.1) is 29.7 Å². The Morgan fingerprint density at radius 1 is 1.34 bits per heavy atom. The first-order chi connectivity index (χ1) is 14.7. The Kier molecular flexibility index (Phi) is 6.73. The normalized spacial score (nSPS) is 17.3. The maximum atomic E-state index is 13.3. The van der Waals surface area contributed by atoms with Crippen LogP contribution in [-0.4, -0.2) is 64.6 Å². The zero-order valence-corrected chi connectivity index (χ0v) is 17.9. The quantitative estimate of drug-likeness (QED) is 0.712. The highest BCUT2D eigenvalue weighted by Gasteiger charge is 2.34. The van der Waals surface area contributed by atoms with E-state index >= 15 is 0 Å². The predicted octanol–water partition coefficient (Wildman–Crippen LogP) is 2.35. The van der Waals surface area contributed by atoms with Gasteiger partial charge in [0.1, 0.15) is 11.5 Å². The lowest BCUT2D eigenvalue weighted by Crippen LogP contribution is -2.40. The first-order valence-corrected chi connectivity index (χ1v) is 10.2. The third-order valence-electron chi connectivity index (χ3n) is 5.47. The second kappa shape index (κ2) is 9.15. The molecule has 0 saturated heterocycles. The van der Waals surface area contributed by atoms with E-state index in [9.17, 15) is 18.8 Å². The number of urea groups is 1. The first kappa shape index (κ1) is 23.5. The molecule has 1 unspecified atom stereocenters. The van der Waals surface area contributed by atoms with Crippen LogP contribution in [0.15, 0.2) is 18.2 Å². The van der Waals surface area contributed by atoms with Crippen LogP contribution in [0.25, 0.3) is 0 Å². The van der Waals surface area contributed by atoms with Gasteiger partial charge in [-0.3, -0.25) is 14.3 Å². The lowest BCUT2D eigenvalue weighted by molar-refractivity contribution is -0.133. The molecule has 1 atom stereocenters. The van der Waals surface area contributed by atoms with Crippen molar-refractivity contribution in [1.29, 1.82) is 0 Å². The van der Waals surface area contributed by atoms with Gasteiger partial charge in [0.25, 0.3) is 5.91 Å². The molecule has 11 heteroatoms. The van der Waals surface area contributed by atoms with Crippen molar-refractivity contribution >= 4 is 35.1 Å². The Bertz CT molecular complexity index is 1070. The number of amides is 4. The van der Waals surface area contributed by atoms with Crippen LogP contribution in [-0.2, 0) is 24.3 Å². The van der Waals surface area contributed by atoms with Gasteiger partial charge in [0, 0.05) is 44.9 Å². The Balaban J connectivity index is 0.00000289. The Labute approximate surface area is 190 Å². The van der Waals surface area contributed by atoms with E-state index in [-0.39, 0.29) is 43.4 Å². The summed E-state index contributed by atoms with van der Waals surface area (Å²) in [6, 6.07) is 3.56. The average molecular weight is 465 g/mol. The van der Waals surface area contributed by atoms with Crippen molar-refractivity contribution in [3.63, 3.8) is 0 Å². The molecule has 3 heterocycles. The number of nitrogens with zero attached hydrogens (tertiary/aromatic N) is 4. The summed E-state index contributed by atoms with van der Waals surface area (Å²) in [5.41, 5.74) is 2.18. The smallest absolute Gasteiger partial charge is 0.322 e. The van der Waals surface area contributed by atoms with E-state index in [2.05, 4.69) is 15.7 Å². The Morgan fingerprint density at radius 3 is 2.78 bits per heavy atom. The monoisotopic (exact) mass is 464 g/mol. The zero-order valence-electron chi connectivity index (χ0n) is 17.1. The summed E-state index contributed by atoms with van der Waals surface area (Å²) in [5, 5.41) is 9.98. The average Bonchev–Trinajstić information content (AvgIpc) is 3.01. The number of carbonyl (C=O) groups is 3. The van der Waals surface area contributed by atoms with Crippen molar-refractivity contribution in [3.8, 4) is 0 Å². The molecule has 4 rings (SSSR count). The van der Waals surface area contributed by atoms with Gasteiger partial charge < -0.3 is 20.4 Å². The van der Waals surface area contributed by atoms with Crippen LogP contribution in [0, 0.1) is 11.7 Å². The molecule has 0 fully saturated rings. The van der Waals surface area contributed by atoms with Crippen molar-refractivity contribution in [2.45, 2.75) is 26.9 Å². The summed E-state index contributed by atoms with van der Waals surface area (Å²) >= 11 is 5.78. The molecule has 172 valence electrons. The van der Waals surface area contributed by atoms with Crippen molar-refractivity contribution < 1.29 is 18.8 Å². The molecule has 0 aliphatic carbocycles. The van der Waals surface area contributed by atoms with Crippen LogP contribution in [0.1, 0.15) is 29.2 Å². The Hall–Kier alpha value is -3.14. The molecule has 2 aromatic rings. The molecule has 0 spiro atoms. The second-order valence-corrected chi connectivity index (χ2v) is 8.23. The molecule has 9 nitrogen and oxygen atoms in total. The fraction of sp³-hybridized carbons (Fsp3) is 0.429. The topological polar surface area (TPSA) is 99.6 Å². The van der Waals surface area contributed by atoms with E-state index in [1.165, 1.54) is 23.1 Å². The molecule has 1 aromatic heterocycles. The predicted molar refractivity (Wildman–Crippen MR) is 118 cm³/mol. The van der Waals surface area contributed by atoms with E-state index < -0.39 is 11.7 Å². The zero-order chi connectivity index (χ0) is 22.3. The minimum absolute atomic E-state index is 0. The van der Waals surface area contributed by atoms with Gasteiger partial charge in [-0.25, -0.2) is 9.18 Å². The third-order valence-corrected chi connectivity index (χ3v) is 5.76. The van der Waals surface area contributed by atoms with Crippen LogP contribution in [0.3, 0.4) is 0 Å². The molecule has 4 amide bonds. The number of anilines is 1. The molecule has 32 heavy (non-hydrogen) atoms. The van der Waals surface area contributed by atoms with Crippen molar-refractivity contribution in [2.24, 2.45) is 5.92 Å². The fourth-order valence-electron chi connectivity index (χ4n) is 3.87. The number of nitrogens with one attached hydrogen (secondary N) is 2. The SMILES string of the molecule is C.CN(C)C(=O)C1CNC(=O)c2c3c(nn2C1)CCN(C(=O)Nc1ccc(F)c(Cl)c1)C3. The van der Waals surface area contributed by atoms with Crippen molar-refractivity contribution in [3.05, 3.63) is 46.0 Å². The lowest BCUT2D eigenvalue weighted by atomic mass is 10.1. The van der Waals surface area contributed by atoms with E-state index in [0.29, 0.717) is 36.5 Å². The van der Waals surface area contributed by atoms with Gasteiger partial charge >= 0.3 is 6.03 Å². The largest absolute Gasteiger partial charge is 0.350 e. The van der Waals surface area contributed by atoms with Crippen LogP contribution in [0.2, 0.25) is 5.02 Å². The van der Waals surface area contributed by atoms with Gasteiger partial charge in [0.15, 0.2) is 0 Å². The number of rotatable bonds is 2. The minimum Gasteiger partial charge on any atom is -0.350 e. The van der Waals surface area contributed by atoms with Crippen LogP contribution < -0.4 is 10.6 Å². The number of hydrogen-bond acceptors (Lipinski definition) is 4. The highest BCUT2D eigenvalue weighted by molar-refractivity contribution is 6.31. The summed E-state index contributed by atoms with van der Waals surface area (Å²) in [5.74, 6) is -1.37. The summed E-state index contributed by atoms with van der Waals surface area (Å²) in [6.07, 6.45) is 0.479. The maximum absolute atomic E-state index is 13.3. The van der Waals surface area contributed by atoms with Crippen LogP contribution in [0.4, 0.5) is 14.9 Å². The number of benzene rings is 1. The van der Waals surface area contributed by atoms with E-state index in [1.54, 1.807) is 23.7 Å². The van der Waals surface area contributed by atoms with E-state index in [4.69, 9.17) is 11.6 Å². The molecule has 0 radical (unpaired) electrons. The molecule has 2 N–H and O–H groups in total. The molecule has 0 bridgehead atoms. The number of hydrogen-bond donors (Lipinski definition) is 2. The Morgan fingerprint density at radius 2 is 2.09 bits per heavy atom. The number of fused-ring (bicyclic) bond motifs is 3. The first-order valence-electron chi connectivity index (χ1n) is 9.83. The molecular formula is C21H26ClFN6O3. The van der Waals surface area contributed by atoms with Gasteiger partial charge in [-0.15, -0.1) is 0 Å². The number of carbonyl (C=O) groups excluding carboxylic acids is 3. The second-order valence-electron chi connectivity index (χ2n) is 7.83. The fourth-order valence-corrected chi connectivity index (χ4v) is 4.05. The van der Waals surface area contributed by atoms with Gasteiger partial charge in [-0.2, -0.15) is 5.10 Å². The van der Waals surface area contributed by atoms with Gasteiger partial charge in [0.2, 0.25) is 5.91 Å². The van der Waals surface area contributed by atoms with E-state index in [0.717, 1.165) is 5.69 Å². The van der Waals surface area contributed by atoms with Crippen LogP contribution in [0.5, 0.6) is 0 Å². The van der Waals surface area contributed by atoms with Crippen LogP contribution >= 0.6 is 11.6 Å². The minimum atomic E-state index is -0.568. The van der Waals surface area contributed by atoms with Gasteiger partial charge in [-0.05, 0) is 18.2 Å². The molecule has 2 aliphatic rings. The maximum Gasteiger partial charge on any atom is 0.322 e. The number of halogens is 2. The standard InChI is InChI=1S/C20H22ClFN6O3.CH4/c1-26(2)19(30)11-8-23-18(29)17-13-10-27(6-5-16(13)25-28(17)9-11)20(31)24-12-3-4-15(22)14(21)7-12;/h3-4,7,11H,5-6,8-10H2,1-2H3,(H,23,29)(H,24,31);1H4. The summed E-state index contributed by atoms with van der Waals surface area (Å²) in [4.78, 5) is 40.9.